The van der Waals surface area contributed by atoms with Crippen LogP contribution in [0.25, 0.3) is 10.2 Å². The number of fused-ring (bicyclic) bond motifs is 1. The van der Waals surface area contributed by atoms with Crippen LogP contribution in [0.15, 0.2) is 41.3 Å². The molecule has 0 spiro atoms. The van der Waals surface area contributed by atoms with E-state index in [9.17, 15) is 4.79 Å². The number of aryl methyl sites for hydroxylation is 1. The second-order valence-electron chi connectivity index (χ2n) is 5.58. The predicted octanol–water partition coefficient (Wildman–Crippen LogP) is 4.91. The molecule has 1 aromatic heterocycles. The van der Waals surface area contributed by atoms with E-state index in [2.05, 4.69) is 29.4 Å². The summed E-state index contributed by atoms with van der Waals surface area (Å²) in [5.41, 5.74) is 2.91. The number of aromatic nitrogens is 1. The number of anilines is 1. The number of carbonyl (C=O) groups is 1. The van der Waals surface area contributed by atoms with Gasteiger partial charge in [-0.3, -0.25) is 4.79 Å². The third-order valence-electron chi connectivity index (χ3n) is 3.77. The highest BCUT2D eigenvalue weighted by Crippen LogP contribution is 2.34. The molecule has 0 saturated heterocycles. The standard InChI is InChI=1S/C19H20N2O2S2/c1-4-24-14-8-6-13(7-9-14)11-16(22)20-19-21-17-15(23-3)10-5-12(2)18(17)25-19/h5-10H,4,11H2,1-3H3,(H,20,21,22). The van der Waals surface area contributed by atoms with E-state index in [1.165, 1.54) is 16.2 Å². The number of carbonyl (C=O) groups excluding carboxylic acids is 1. The zero-order chi connectivity index (χ0) is 17.8. The first-order valence-corrected chi connectivity index (χ1v) is 9.86. The Kier molecular flexibility index (Phi) is 5.60. The number of methoxy groups -OCH3 is 1. The lowest BCUT2D eigenvalue weighted by Gasteiger charge is -2.03. The van der Waals surface area contributed by atoms with Crippen LogP contribution < -0.4 is 10.1 Å². The van der Waals surface area contributed by atoms with Gasteiger partial charge in [-0.05, 0) is 42.0 Å². The van der Waals surface area contributed by atoms with Crippen LogP contribution in [0.4, 0.5) is 5.13 Å². The van der Waals surface area contributed by atoms with E-state index in [1.807, 2.05) is 31.2 Å². The van der Waals surface area contributed by atoms with E-state index < -0.39 is 0 Å². The van der Waals surface area contributed by atoms with Gasteiger partial charge in [0.2, 0.25) is 5.91 Å². The van der Waals surface area contributed by atoms with Gasteiger partial charge < -0.3 is 10.1 Å². The molecule has 3 aromatic rings. The van der Waals surface area contributed by atoms with Crippen LogP contribution in [0.5, 0.6) is 5.75 Å². The Morgan fingerprint density at radius 2 is 2.00 bits per heavy atom. The van der Waals surface area contributed by atoms with Crippen LogP contribution in [-0.2, 0) is 11.2 Å². The smallest absolute Gasteiger partial charge is 0.230 e. The molecule has 130 valence electrons. The van der Waals surface area contributed by atoms with Crippen LogP contribution in [-0.4, -0.2) is 23.8 Å². The number of thiazole rings is 1. The van der Waals surface area contributed by atoms with Gasteiger partial charge in [0.05, 0.1) is 18.2 Å². The van der Waals surface area contributed by atoms with E-state index in [-0.39, 0.29) is 5.91 Å². The monoisotopic (exact) mass is 372 g/mol. The zero-order valence-corrected chi connectivity index (χ0v) is 16.1. The third-order valence-corrected chi connectivity index (χ3v) is 5.77. The molecular formula is C19H20N2O2S2. The fourth-order valence-electron chi connectivity index (χ4n) is 2.55. The van der Waals surface area contributed by atoms with Gasteiger partial charge in [0.25, 0.3) is 0 Å². The van der Waals surface area contributed by atoms with Crippen molar-refractivity contribution in [1.29, 1.82) is 0 Å². The summed E-state index contributed by atoms with van der Waals surface area (Å²) in [6, 6.07) is 12.0. The molecule has 0 aliphatic carbocycles. The van der Waals surface area contributed by atoms with Crippen molar-refractivity contribution in [3.63, 3.8) is 0 Å². The van der Waals surface area contributed by atoms with E-state index in [1.54, 1.807) is 18.9 Å². The van der Waals surface area contributed by atoms with E-state index in [4.69, 9.17) is 4.74 Å². The van der Waals surface area contributed by atoms with E-state index in [0.29, 0.717) is 11.6 Å². The van der Waals surface area contributed by atoms with Crippen molar-refractivity contribution in [2.24, 2.45) is 0 Å². The highest BCUT2D eigenvalue weighted by Gasteiger charge is 2.13. The third kappa shape index (κ3) is 4.14. The summed E-state index contributed by atoms with van der Waals surface area (Å²) in [7, 11) is 1.63. The molecule has 6 heteroatoms. The zero-order valence-electron chi connectivity index (χ0n) is 14.5. The first kappa shape index (κ1) is 17.8. The Morgan fingerprint density at radius 1 is 1.24 bits per heavy atom. The Morgan fingerprint density at radius 3 is 2.68 bits per heavy atom. The minimum atomic E-state index is -0.0634. The number of ether oxygens (including phenoxy) is 1. The SMILES string of the molecule is CCSc1ccc(CC(=O)Nc2nc3c(OC)ccc(C)c3s2)cc1. The largest absolute Gasteiger partial charge is 0.494 e. The molecule has 1 heterocycles. The molecule has 0 atom stereocenters. The fraction of sp³-hybridized carbons (Fsp3) is 0.263. The summed E-state index contributed by atoms with van der Waals surface area (Å²) in [4.78, 5) is 18.1. The second kappa shape index (κ2) is 7.89. The number of thioether (sulfide) groups is 1. The van der Waals surface area contributed by atoms with Crippen molar-refractivity contribution in [3.8, 4) is 5.75 Å². The molecule has 2 aromatic carbocycles. The maximum Gasteiger partial charge on any atom is 0.230 e. The van der Waals surface area contributed by atoms with Gasteiger partial charge in [-0.15, -0.1) is 11.8 Å². The van der Waals surface area contributed by atoms with Crippen molar-refractivity contribution in [2.45, 2.75) is 25.2 Å². The summed E-state index contributed by atoms with van der Waals surface area (Å²) in [5, 5.41) is 3.51. The number of nitrogens with one attached hydrogen (secondary N) is 1. The van der Waals surface area contributed by atoms with Crippen molar-refractivity contribution < 1.29 is 9.53 Å². The van der Waals surface area contributed by atoms with Crippen molar-refractivity contribution in [3.05, 3.63) is 47.5 Å². The molecule has 4 nitrogen and oxygen atoms in total. The highest BCUT2D eigenvalue weighted by atomic mass is 32.2. The number of amides is 1. The topological polar surface area (TPSA) is 51.2 Å². The van der Waals surface area contributed by atoms with Gasteiger partial charge in [0.15, 0.2) is 5.13 Å². The quantitative estimate of drug-likeness (QED) is 0.625. The van der Waals surface area contributed by atoms with E-state index >= 15 is 0 Å². The van der Waals surface area contributed by atoms with Crippen LogP contribution in [0, 0.1) is 6.92 Å². The molecule has 1 N–H and O–H groups in total. The summed E-state index contributed by atoms with van der Waals surface area (Å²) in [5.74, 6) is 1.70. The minimum Gasteiger partial charge on any atom is -0.494 e. The molecule has 0 bridgehead atoms. The summed E-state index contributed by atoms with van der Waals surface area (Å²) in [6.07, 6.45) is 0.336. The molecule has 0 unspecified atom stereocenters. The van der Waals surface area contributed by atoms with Crippen LogP contribution in [0.2, 0.25) is 0 Å². The predicted molar refractivity (Wildman–Crippen MR) is 106 cm³/mol. The van der Waals surface area contributed by atoms with Gasteiger partial charge in [-0.25, -0.2) is 4.98 Å². The van der Waals surface area contributed by atoms with Crippen molar-refractivity contribution in [1.82, 2.24) is 4.98 Å². The van der Waals surface area contributed by atoms with Gasteiger partial charge in [0.1, 0.15) is 11.3 Å². The number of hydrogen-bond donors (Lipinski definition) is 1. The fourth-order valence-corrected chi connectivity index (χ4v) is 4.18. The van der Waals surface area contributed by atoms with Crippen molar-refractivity contribution in [2.75, 3.05) is 18.2 Å². The average Bonchev–Trinajstić information content (AvgIpc) is 3.01. The molecule has 0 aliphatic heterocycles. The minimum absolute atomic E-state index is 0.0634. The van der Waals surface area contributed by atoms with Crippen LogP contribution in [0.3, 0.4) is 0 Å². The molecule has 0 saturated carbocycles. The highest BCUT2D eigenvalue weighted by molar-refractivity contribution is 7.99. The number of hydrogen-bond acceptors (Lipinski definition) is 5. The lowest BCUT2D eigenvalue weighted by atomic mass is 10.1. The number of nitrogens with zero attached hydrogens (tertiary/aromatic N) is 1. The summed E-state index contributed by atoms with van der Waals surface area (Å²) in [6.45, 7) is 4.15. The maximum absolute atomic E-state index is 12.3. The van der Waals surface area contributed by atoms with Crippen molar-refractivity contribution >= 4 is 44.4 Å². The second-order valence-corrected chi connectivity index (χ2v) is 7.92. The summed E-state index contributed by atoms with van der Waals surface area (Å²) < 4.78 is 6.39. The Hall–Kier alpha value is -2.05. The lowest BCUT2D eigenvalue weighted by Crippen LogP contribution is -2.14. The van der Waals surface area contributed by atoms with E-state index in [0.717, 1.165) is 32.8 Å². The molecule has 1 amide bonds. The average molecular weight is 373 g/mol. The Bertz CT molecular complexity index is 888. The maximum atomic E-state index is 12.3. The summed E-state index contributed by atoms with van der Waals surface area (Å²) >= 11 is 3.27. The van der Waals surface area contributed by atoms with Gasteiger partial charge in [0, 0.05) is 4.90 Å². The first-order chi connectivity index (χ1) is 12.1. The Labute approximate surface area is 155 Å². The van der Waals surface area contributed by atoms with Gasteiger partial charge >= 0.3 is 0 Å². The van der Waals surface area contributed by atoms with Gasteiger partial charge in [-0.1, -0.05) is 36.5 Å². The number of rotatable bonds is 6. The van der Waals surface area contributed by atoms with Crippen LogP contribution in [0.1, 0.15) is 18.1 Å². The first-order valence-electron chi connectivity index (χ1n) is 8.06. The molecule has 0 fully saturated rings. The molecule has 0 aliphatic rings. The number of benzene rings is 2. The van der Waals surface area contributed by atoms with Gasteiger partial charge in [-0.2, -0.15) is 0 Å². The molecule has 3 rings (SSSR count). The Balaban J connectivity index is 1.72. The molecule has 0 radical (unpaired) electrons. The molecule has 25 heavy (non-hydrogen) atoms. The molecular weight excluding hydrogens is 352 g/mol. The van der Waals surface area contributed by atoms with Crippen LogP contribution >= 0.6 is 23.1 Å². The normalized spacial score (nSPS) is 10.8. The lowest BCUT2D eigenvalue weighted by molar-refractivity contribution is -0.115.